The van der Waals surface area contributed by atoms with Crippen LogP contribution >= 0.6 is 0 Å². The maximum atomic E-state index is 11.4. The molecule has 1 heterocycles. The smallest absolute Gasteiger partial charge is 0.219 e. The van der Waals surface area contributed by atoms with Crippen LogP contribution in [-0.2, 0) is 4.79 Å². The molecule has 3 rings (SSSR count). The molecule has 1 amide bonds. The Morgan fingerprint density at radius 1 is 1.36 bits per heavy atom. The molecule has 0 aromatic heterocycles. The number of amides is 1. The van der Waals surface area contributed by atoms with Crippen LogP contribution in [0.3, 0.4) is 0 Å². The lowest BCUT2D eigenvalue weighted by Crippen LogP contribution is -2.35. The Hall–Kier alpha value is -0.790. The van der Waals surface area contributed by atoms with Crippen molar-refractivity contribution in [3.63, 3.8) is 0 Å². The Bertz CT molecular complexity index is 309. The Morgan fingerprint density at radius 2 is 2.07 bits per heavy atom. The van der Waals surface area contributed by atoms with E-state index in [-0.39, 0.29) is 5.91 Å². The van der Waals surface area contributed by atoms with Gasteiger partial charge in [0.2, 0.25) is 5.91 Å². The minimum Gasteiger partial charge on any atom is -0.340 e. The quantitative estimate of drug-likeness (QED) is 0.533. The van der Waals surface area contributed by atoms with E-state index in [4.69, 9.17) is 0 Å². The molecule has 2 bridgehead atoms. The second-order valence-corrected chi connectivity index (χ2v) is 5.10. The molecule has 1 aliphatic heterocycles. The molecule has 1 saturated heterocycles. The zero-order valence-electron chi connectivity index (χ0n) is 8.81. The fourth-order valence-corrected chi connectivity index (χ4v) is 3.95. The summed E-state index contributed by atoms with van der Waals surface area (Å²) >= 11 is 0. The van der Waals surface area contributed by atoms with Gasteiger partial charge in [-0.1, -0.05) is 12.2 Å². The van der Waals surface area contributed by atoms with Gasteiger partial charge < -0.3 is 4.90 Å². The van der Waals surface area contributed by atoms with Gasteiger partial charge in [-0.25, -0.2) is 0 Å². The normalized spacial score (nSPS) is 48.7. The van der Waals surface area contributed by atoms with Crippen LogP contribution in [0, 0.1) is 23.7 Å². The predicted molar refractivity (Wildman–Crippen MR) is 54.6 cm³/mol. The van der Waals surface area contributed by atoms with E-state index < -0.39 is 0 Å². The van der Waals surface area contributed by atoms with E-state index in [1.807, 2.05) is 0 Å². The van der Waals surface area contributed by atoms with Crippen molar-refractivity contribution in [2.24, 2.45) is 23.7 Å². The molecule has 0 aromatic carbocycles. The molecule has 1 saturated carbocycles. The van der Waals surface area contributed by atoms with Crippen LogP contribution < -0.4 is 0 Å². The summed E-state index contributed by atoms with van der Waals surface area (Å²) in [4.78, 5) is 13.5. The molecule has 3 aliphatic rings. The highest BCUT2D eigenvalue weighted by atomic mass is 16.2. The van der Waals surface area contributed by atoms with Gasteiger partial charge in [0.1, 0.15) is 0 Å². The molecule has 0 aromatic rings. The number of likely N-dealkylation sites (tertiary alicyclic amines) is 1. The monoisotopic (exact) mass is 191 g/mol. The van der Waals surface area contributed by atoms with Crippen LogP contribution in [-0.4, -0.2) is 23.4 Å². The van der Waals surface area contributed by atoms with Crippen molar-refractivity contribution < 1.29 is 4.79 Å². The molecule has 76 valence electrons. The van der Waals surface area contributed by atoms with Gasteiger partial charge in [-0.2, -0.15) is 0 Å². The number of rotatable bonds is 0. The Kier molecular flexibility index (Phi) is 1.59. The Balaban J connectivity index is 1.89. The average molecular weight is 191 g/mol. The van der Waals surface area contributed by atoms with Crippen molar-refractivity contribution in [3.05, 3.63) is 12.2 Å². The zero-order chi connectivity index (χ0) is 9.87. The first-order valence-electron chi connectivity index (χ1n) is 5.64. The molecule has 14 heavy (non-hydrogen) atoms. The van der Waals surface area contributed by atoms with E-state index in [2.05, 4.69) is 24.0 Å². The summed E-state index contributed by atoms with van der Waals surface area (Å²) in [5, 5.41) is 0. The maximum absolute atomic E-state index is 11.4. The highest BCUT2D eigenvalue weighted by molar-refractivity contribution is 5.74. The molecule has 5 atom stereocenters. The van der Waals surface area contributed by atoms with Crippen LogP contribution in [0.15, 0.2) is 12.2 Å². The van der Waals surface area contributed by atoms with E-state index >= 15 is 0 Å². The van der Waals surface area contributed by atoms with Crippen LogP contribution in [0.1, 0.15) is 20.3 Å². The first-order valence-corrected chi connectivity index (χ1v) is 5.64. The molecule has 2 fully saturated rings. The standard InChI is InChI=1S/C12H17NO/c1-7-12-10-4-3-9(5-10)11(12)6-13(7)8(2)14/h3-4,7,9-12H,5-6H2,1-2H3. The topological polar surface area (TPSA) is 20.3 Å². The van der Waals surface area contributed by atoms with Gasteiger partial charge in [0.05, 0.1) is 0 Å². The van der Waals surface area contributed by atoms with Crippen LogP contribution in [0.25, 0.3) is 0 Å². The lowest BCUT2D eigenvalue weighted by molar-refractivity contribution is -0.129. The van der Waals surface area contributed by atoms with Crippen molar-refractivity contribution in [2.75, 3.05) is 6.54 Å². The van der Waals surface area contributed by atoms with E-state index in [1.165, 1.54) is 6.42 Å². The zero-order valence-corrected chi connectivity index (χ0v) is 8.81. The van der Waals surface area contributed by atoms with Crippen LogP contribution in [0.2, 0.25) is 0 Å². The van der Waals surface area contributed by atoms with Crippen molar-refractivity contribution in [1.82, 2.24) is 4.90 Å². The van der Waals surface area contributed by atoms with Gasteiger partial charge in [-0.05, 0) is 37.0 Å². The fraction of sp³-hybridized carbons (Fsp3) is 0.750. The molecule has 5 unspecified atom stereocenters. The molecule has 2 heteroatoms. The van der Waals surface area contributed by atoms with Gasteiger partial charge in [0.15, 0.2) is 0 Å². The number of fused-ring (bicyclic) bond motifs is 5. The Labute approximate surface area is 85.0 Å². The summed E-state index contributed by atoms with van der Waals surface area (Å²) in [6.07, 6.45) is 6.11. The molecule has 0 radical (unpaired) electrons. The number of nitrogens with zero attached hydrogens (tertiary/aromatic N) is 1. The van der Waals surface area contributed by atoms with Gasteiger partial charge in [0.25, 0.3) is 0 Å². The number of carbonyl (C=O) groups is 1. The highest BCUT2D eigenvalue weighted by Crippen LogP contribution is 2.53. The number of hydrogen-bond donors (Lipinski definition) is 0. The highest BCUT2D eigenvalue weighted by Gasteiger charge is 2.53. The van der Waals surface area contributed by atoms with Crippen molar-refractivity contribution in [1.29, 1.82) is 0 Å². The van der Waals surface area contributed by atoms with E-state index in [0.717, 1.165) is 30.2 Å². The van der Waals surface area contributed by atoms with Crippen molar-refractivity contribution in [2.45, 2.75) is 26.3 Å². The predicted octanol–water partition coefficient (Wildman–Crippen LogP) is 1.68. The van der Waals surface area contributed by atoms with Crippen LogP contribution in [0.4, 0.5) is 0 Å². The van der Waals surface area contributed by atoms with Crippen LogP contribution in [0.5, 0.6) is 0 Å². The second-order valence-electron chi connectivity index (χ2n) is 5.10. The summed E-state index contributed by atoms with van der Waals surface area (Å²) in [6.45, 7) is 4.93. The lowest BCUT2D eigenvalue weighted by atomic mass is 9.82. The third-order valence-electron chi connectivity index (χ3n) is 4.55. The SMILES string of the molecule is CC(=O)N1CC2C3C=CC(C3)C2C1C. The third-order valence-corrected chi connectivity index (χ3v) is 4.55. The molecular formula is C12H17NO. The van der Waals surface area contributed by atoms with E-state index in [1.54, 1.807) is 6.92 Å². The summed E-state index contributed by atoms with van der Waals surface area (Å²) in [5.74, 6) is 3.32. The summed E-state index contributed by atoms with van der Waals surface area (Å²) in [7, 11) is 0. The maximum Gasteiger partial charge on any atom is 0.219 e. The molecular weight excluding hydrogens is 174 g/mol. The summed E-state index contributed by atoms with van der Waals surface area (Å²) < 4.78 is 0. The van der Waals surface area contributed by atoms with Gasteiger partial charge in [-0.3, -0.25) is 4.79 Å². The first-order chi connectivity index (χ1) is 6.68. The first kappa shape index (κ1) is 8.51. The minimum atomic E-state index is 0.256. The van der Waals surface area contributed by atoms with Crippen molar-refractivity contribution in [3.8, 4) is 0 Å². The minimum absolute atomic E-state index is 0.256. The van der Waals surface area contributed by atoms with Gasteiger partial charge in [-0.15, -0.1) is 0 Å². The molecule has 0 spiro atoms. The average Bonchev–Trinajstić information content (AvgIpc) is 2.75. The number of allylic oxidation sites excluding steroid dienone is 2. The Morgan fingerprint density at radius 3 is 2.71 bits per heavy atom. The molecule has 2 aliphatic carbocycles. The van der Waals surface area contributed by atoms with E-state index in [9.17, 15) is 4.79 Å². The lowest BCUT2D eigenvalue weighted by Gasteiger charge is -2.25. The number of hydrogen-bond acceptors (Lipinski definition) is 1. The number of carbonyl (C=O) groups excluding carboxylic acids is 1. The summed E-state index contributed by atoms with van der Waals surface area (Å²) in [6, 6.07) is 0.470. The third kappa shape index (κ3) is 0.891. The summed E-state index contributed by atoms with van der Waals surface area (Å²) in [5.41, 5.74) is 0. The molecule has 0 N–H and O–H groups in total. The van der Waals surface area contributed by atoms with Gasteiger partial charge in [0, 0.05) is 19.5 Å². The largest absolute Gasteiger partial charge is 0.340 e. The second kappa shape index (κ2) is 2.62. The van der Waals surface area contributed by atoms with Crippen molar-refractivity contribution >= 4 is 5.91 Å². The van der Waals surface area contributed by atoms with E-state index in [0.29, 0.717) is 6.04 Å². The molecule has 2 nitrogen and oxygen atoms in total. The van der Waals surface area contributed by atoms with Gasteiger partial charge >= 0.3 is 0 Å². The fourth-order valence-electron chi connectivity index (χ4n) is 3.95.